The monoisotopic (exact) mass is 375 g/mol. The van der Waals surface area contributed by atoms with E-state index in [-0.39, 0.29) is 11.9 Å². The van der Waals surface area contributed by atoms with Crippen molar-refractivity contribution in [3.63, 3.8) is 0 Å². The van der Waals surface area contributed by atoms with E-state index in [1.807, 2.05) is 39.8 Å². The van der Waals surface area contributed by atoms with Gasteiger partial charge in [0.2, 0.25) is 0 Å². The maximum atomic E-state index is 12.7. The van der Waals surface area contributed by atoms with Crippen molar-refractivity contribution in [1.29, 1.82) is 0 Å². The lowest BCUT2D eigenvalue weighted by Gasteiger charge is -2.32. The van der Waals surface area contributed by atoms with E-state index in [4.69, 9.17) is 18.8 Å². The molecular weight excluding hydrogens is 345 g/mol. The van der Waals surface area contributed by atoms with Gasteiger partial charge in [-0.25, -0.2) is 0 Å². The molecule has 1 aliphatic carbocycles. The van der Waals surface area contributed by atoms with Gasteiger partial charge < -0.3 is 24.1 Å². The summed E-state index contributed by atoms with van der Waals surface area (Å²) in [6.45, 7) is 8.89. The van der Waals surface area contributed by atoms with Crippen molar-refractivity contribution >= 4 is 18.5 Å². The van der Waals surface area contributed by atoms with Gasteiger partial charge in [-0.05, 0) is 64.6 Å². The highest BCUT2D eigenvalue weighted by Crippen LogP contribution is 2.36. The van der Waals surface area contributed by atoms with Gasteiger partial charge in [0.15, 0.2) is 0 Å². The average Bonchev–Trinajstić information content (AvgIpc) is 2.79. The summed E-state index contributed by atoms with van der Waals surface area (Å²) in [5, 5.41) is 3.07. The summed E-state index contributed by atoms with van der Waals surface area (Å²) >= 11 is 0. The van der Waals surface area contributed by atoms with Crippen LogP contribution in [0, 0.1) is 0 Å². The number of rotatable bonds is 7. The Balaban J connectivity index is 1.81. The van der Waals surface area contributed by atoms with E-state index in [0.29, 0.717) is 24.5 Å². The van der Waals surface area contributed by atoms with E-state index in [1.54, 1.807) is 13.2 Å². The summed E-state index contributed by atoms with van der Waals surface area (Å²) in [4.78, 5) is 12.7. The Morgan fingerprint density at radius 1 is 1.19 bits per heavy atom. The topological polar surface area (TPSA) is 66.0 Å². The van der Waals surface area contributed by atoms with Crippen molar-refractivity contribution in [1.82, 2.24) is 5.32 Å². The fourth-order valence-corrected chi connectivity index (χ4v) is 3.02. The minimum atomic E-state index is -0.497. The molecule has 1 N–H and O–H groups in total. The SMILES string of the molecule is COCCOc1cc(B2OC(C)(C)C(C)(C)O2)ccc1C(=O)NC1CCC1. The Hall–Kier alpha value is -1.57. The second-order valence-corrected chi connectivity index (χ2v) is 8.29. The van der Waals surface area contributed by atoms with Gasteiger partial charge in [-0.3, -0.25) is 4.79 Å². The van der Waals surface area contributed by atoms with Gasteiger partial charge in [-0.1, -0.05) is 6.07 Å². The number of carbonyl (C=O) groups is 1. The molecule has 1 heterocycles. The molecule has 1 aromatic carbocycles. The first kappa shape index (κ1) is 20.2. The maximum Gasteiger partial charge on any atom is 0.494 e. The summed E-state index contributed by atoms with van der Waals surface area (Å²) < 4.78 is 23.1. The summed E-state index contributed by atoms with van der Waals surface area (Å²) in [5.41, 5.74) is 0.517. The molecule has 1 aromatic rings. The fourth-order valence-electron chi connectivity index (χ4n) is 3.02. The fraction of sp³-hybridized carbons (Fsp3) is 0.650. The van der Waals surface area contributed by atoms with E-state index in [0.717, 1.165) is 18.3 Å². The van der Waals surface area contributed by atoms with Crippen LogP contribution in [-0.4, -0.2) is 50.6 Å². The highest BCUT2D eigenvalue weighted by atomic mass is 16.7. The van der Waals surface area contributed by atoms with E-state index >= 15 is 0 Å². The minimum absolute atomic E-state index is 0.104. The van der Waals surface area contributed by atoms with E-state index < -0.39 is 18.3 Å². The van der Waals surface area contributed by atoms with Gasteiger partial charge in [0, 0.05) is 13.2 Å². The number of methoxy groups -OCH3 is 1. The summed E-state index contributed by atoms with van der Waals surface area (Å²) in [7, 11) is 1.12. The Morgan fingerprint density at radius 2 is 1.85 bits per heavy atom. The Kier molecular flexibility index (Phi) is 5.84. The molecule has 0 atom stereocenters. The molecule has 1 aliphatic heterocycles. The third kappa shape index (κ3) is 4.31. The van der Waals surface area contributed by atoms with Gasteiger partial charge in [-0.15, -0.1) is 0 Å². The second kappa shape index (κ2) is 7.82. The molecule has 148 valence electrons. The number of nitrogens with one attached hydrogen (secondary N) is 1. The standard InChI is InChI=1S/C20H30BNO5/c1-19(2)20(3,4)27-21(26-19)14-9-10-16(17(13-14)25-12-11-24-5)18(23)22-15-7-6-8-15/h9-10,13,15H,6-8,11-12H2,1-5H3,(H,22,23). The minimum Gasteiger partial charge on any atom is -0.490 e. The van der Waals surface area contributed by atoms with Gasteiger partial charge in [0.05, 0.1) is 23.4 Å². The number of benzene rings is 1. The molecule has 0 spiro atoms. The zero-order valence-electron chi connectivity index (χ0n) is 17.0. The van der Waals surface area contributed by atoms with Crippen LogP contribution in [-0.2, 0) is 14.0 Å². The molecule has 7 heteroatoms. The van der Waals surface area contributed by atoms with Crippen LogP contribution in [0.15, 0.2) is 18.2 Å². The van der Waals surface area contributed by atoms with E-state index in [1.165, 1.54) is 6.42 Å². The number of amides is 1. The molecule has 27 heavy (non-hydrogen) atoms. The van der Waals surface area contributed by atoms with E-state index in [2.05, 4.69) is 5.32 Å². The van der Waals surface area contributed by atoms with Crippen molar-refractivity contribution in [2.24, 2.45) is 0 Å². The molecule has 0 aromatic heterocycles. The number of hydrogen-bond donors (Lipinski definition) is 1. The molecule has 1 saturated carbocycles. The number of ether oxygens (including phenoxy) is 2. The van der Waals surface area contributed by atoms with Crippen LogP contribution >= 0.6 is 0 Å². The lowest BCUT2D eigenvalue weighted by atomic mass is 9.78. The molecule has 2 fully saturated rings. The van der Waals surface area contributed by atoms with Crippen molar-refractivity contribution < 1.29 is 23.6 Å². The van der Waals surface area contributed by atoms with Crippen LogP contribution in [0.25, 0.3) is 0 Å². The van der Waals surface area contributed by atoms with Crippen molar-refractivity contribution in [2.75, 3.05) is 20.3 Å². The van der Waals surface area contributed by atoms with Crippen LogP contribution < -0.4 is 15.5 Å². The third-order valence-corrected chi connectivity index (χ3v) is 5.76. The van der Waals surface area contributed by atoms with Crippen molar-refractivity contribution in [3.05, 3.63) is 23.8 Å². The van der Waals surface area contributed by atoms with Gasteiger partial charge in [0.1, 0.15) is 12.4 Å². The highest BCUT2D eigenvalue weighted by Gasteiger charge is 2.51. The van der Waals surface area contributed by atoms with Gasteiger partial charge in [-0.2, -0.15) is 0 Å². The van der Waals surface area contributed by atoms with Gasteiger partial charge >= 0.3 is 7.12 Å². The Bertz CT molecular complexity index is 671. The predicted molar refractivity (Wildman–Crippen MR) is 105 cm³/mol. The Morgan fingerprint density at radius 3 is 2.41 bits per heavy atom. The molecular formula is C20H30BNO5. The van der Waals surface area contributed by atoms with Crippen molar-refractivity contribution in [2.45, 2.75) is 64.2 Å². The molecule has 1 amide bonds. The van der Waals surface area contributed by atoms with E-state index in [9.17, 15) is 4.79 Å². The first-order chi connectivity index (χ1) is 12.7. The molecule has 2 aliphatic rings. The third-order valence-electron chi connectivity index (χ3n) is 5.76. The van der Waals surface area contributed by atoms with Crippen LogP contribution in [0.3, 0.4) is 0 Å². The summed E-state index contributed by atoms with van der Waals surface area (Å²) in [6, 6.07) is 5.78. The molecule has 0 unspecified atom stereocenters. The largest absolute Gasteiger partial charge is 0.494 e. The van der Waals surface area contributed by atoms with Crippen molar-refractivity contribution in [3.8, 4) is 5.75 Å². The summed E-state index contributed by atoms with van der Waals surface area (Å²) in [6.07, 6.45) is 3.25. The quantitative estimate of drug-likeness (QED) is 0.585. The lowest BCUT2D eigenvalue weighted by molar-refractivity contribution is 0.00578. The maximum absolute atomic E-state index is 12.7. The first-order valence-electron chi connectivity index (χ1n) is 9.66. The first-order valence-corrected chi connectivity index (χ1v) is 9.66. The predicted octanol–water partition coefficient (Wildman–Crippen LogP) is 2.29. The highest BCUT2D eigenvalue weighted by molar-refractivity contribution is 6.62. The Labute approximate surface area is 162 Å². The average molecular weight is 375 g/mol. The van der Waals surface area contributed by atoms with Crippen LogP contribution in [0.2, 0.25) is 0 Å². The number of hydrogen-bond acceptors (Lipinski definition) is 5. The van der Waals surface area contributed by atoms with Crippen LogP contribution in [0.1, 0.15) is 57.3 Å². The molecule has 0 bridgehead atoms. The zero-order chi connectivity index (χ0) is 19.7. The molecule has 0 radical (unpaired) electrons. The second-order valence-electron chi connectivity index (χ2n) is 8.29. The molecule has 3 rings (SSSR count). The van der Waals surface area contributed by atoms with Crippen LogP contribution in [0.4, 0.5) is 0 Å². The summed E-state index contributed by atoms with van der Waals surface area (Å²) in [5.74, 6) is 0.420. The lowest BCUT2D eigenvalue weighted by Crippen LogP contribution is -2.41. The van der Waals surface area contributed by atoms with Crippen LogP contribution in [0.5, 0.6) is 5.75 Å². The van der Waals surface area contributed by atoms with Gasteiger partial charge in [0.25, 0.3) is 5.91 Å². The molecule has 1 saturated heterocycles. The molecule has 6 nitrogen and oxygen atoms in total. The smallest absolute Gasteiger partial charge is 0.490 e. The number of carbonyl (C=O) groups excluding carboxylic acids is 1. The zero-order valence-corrected chi connectivity index (χ0v) is 17.0. The normalized spacial score (nSPS) is 21.0.